The molecular weight excluding hydrogens is 326 g/mol. The fourth-order valence-electron chi connectivity index (χ4n) is 3.54. The summed E-state index contributed by atoms with van der Waals surface area (Å²) in [5, 5.41) is 5.60. The van der Waals surface area contributed by atoms with Crippen LogP contribution in [0.25, 0.3) is 0 Å². The van der Waals surface area contributed by atoms with Crippen LogP contribution >= 0.6 is 0 Å². The lowest BCUT2D eigenvalue weighted by atomic mass is 9.91. The topological polar surface area (TPSA) is 61.4 Å². The van der Waals surface area contributed by atoms with Crippen molar-refractivity contribution in [1.82, 2.24) is 15.5 Å². The SMILES string of the molecule is CCNC(=O)NCCCCC1CCN(C(=O)Cc2ccccc2C)CC1. The third-order valence-electron chi connectivity index (χ3n) is 5.23. The van der Waals surface area contributed by atoms with Gasteiger partial charge in [-0.1, -0.05) is 37.1 Å². The smallest absolute Gasteiger partial charge is 0.314 e. The molecule has 0 atom stereocenters. The zero-order valence-corrected chi connectivity index (χ0v) is 16.2. The second kappa shape index (κ2) is 10.8. The number of carbonyl (C=O) groups is 2. The van der Waals surface area contributed by atoms with E-state index in [4.69, 9.17) is 0 Å². The number of nitrogens with zero attached hydrogens (tertiary/aromatic N) is 1. The number of nitrogens with one attached hydrogen (secondary N) is 2. The predicted molar refractivity (Wildman–Crippen MR) is 105 cm³/mol. The van der Waals surface area contributed by atoms with E-state index in [0.717, 1.165) is 50.9 Å². The number of benzene rings is 1. The maximum Gasteiger partial charge on any atom is 0.314 e. The fraction of sp³-hybridized carbons (Fsp3) is 0.619. The highest BCUT2D eigenvalue weighted by atomic mass is 16.2. The molecule has 0 bridgehead atoms. The number of hydrogen-bond donors (Lipinski definition) is 2. The average molecular weight is 360 g/mol. The molecule has 3 amide bonds. The number of likely N-dealkylation sites (tertiary alicyclic amines) is 1. The number of piperidine rings is 1. The monoisotopic (exact) mass is 359 g/mol. The van der Waals surface area contributed by atoms with E-state index in [1.165, 1.54) is 12.0 Å². The molecule has 1 aromatic carbocycles. The zero-order chi connectivity index (χ0) is 18.8. The Morgan fingerprint density at radius 3 is 2.54 bits per heavy atom. The van der Waals surface area contributed by atoms with Gasteiger partial charge in [0.2, 0.25) is 5.91 Å². The van der Waals surface area contributed by atoms with Crippen LogP contribution in [0, 0.1) is 12.8 Å². The molecule has 1 heterocycles. The largest absolute Gasteiger partial charge is 0.342 e. The van der Waals surface area contributed by atoms with Crippen LogP contribution in [-0.2, 0) is 11.2 Å². The summed E-state index contributed by atoms with van der Waals surface area (Å²) in [5.74, 6) is 0.964. The maximum atomic E-state index is 12.5. The Morgan fingerprint density at radius 1 is 1.12 bits per heavy atom. The Morgan fingerprint density at radius 2 is 1.85 bits per heavy atom. The van der Waals surface area contributed by atoms with E-state index in [0.29, 0.717) is 18.9 Å². The van der Waals surface area contributed by atoms with Crippen molar-refractivity contribution in [3.05, 3.63) is 35.4 Å². The first kappa shape index (κ1) is 20.3. The van der Waals surface area contributed by atoms with Crippen LogP contribution in [0.5, 0.6) is 0 Å². The number of unbranched alkanes of at least 4 members (excludes halogenated alkanes) is 1. The van der Waals surface area contributed by atoms with Crippen LogP contribution < -0.4 is 10.6 Å². The van der Waals surface area contributed by atoms with E-state index in [2.05, 4.69) is 29.7 Å². The second-order valence-corrected chi connectivity index (χ2v) is 7.21. The van der Waals surface area contributed by atoms with Crippen LogP contribution in [-0.4, -0.2) is 43.0 Å². The number of aryl methyl sites for hydroxylation is 1. The van der Waals surface area contributed by atoms with Gasteiger partial charge in [0.1, 0.15) is 0 Å². The lowest BCUT2D eigenvalue weighted by Crippen LogP contribution is -2.39. The summed E-state index contributed by atoms with van der Waals surface area (Å²) in [6, 6.07) is 8.06. The van der Waals surface area contributed by atoms with E-state index in [1.54, 1.807) is 0 Å². The third-order valence-corrected chi connectivity index (χ3v) is 5.23. The zero-order valence-electron chi connectivity index (χ0n) is 16.2. The normalized spacial score (nSPS) is 14.9. The summed E-state index contributed by atoms with van der Waals surface area (Å²) in [7, 11) is 0. The van der Waals surface area contributed by atoms with E-state index in [-0.39, 0.29) is 11.9 Å². The van der Waals surface area contributed by atoms with Crippen LogP contribution in [0.2, 0.25) is 0 Å². The minimum Gasteiger partial charge on any atom is -0.342 e. The molecule has 0 aliphatic carbocycles. The molecule has 26 heavy (non-hydrogen) atoms. The number of amides is 3. The van der Waals surface area contributed by atoms with Crippen LogP contribution in [0.4, 0.5) is 4.79 Å². The molecule has 2 rings (SSSR count). The molecule has 5 heteroatoms. The summed E-state index contributed by atoms with van der Waals surface area (Å²) in [6.07, 6.45) is 6.06. The summed E-state index contributed by atoms with van der Waals surface area (Å²) in [5.41, 5.74) is 2.33. The molecule has 1 aliphatic heterocycles. The van der Waals surface area contributed by atoms with Crippen molar-refractivity contribution < 1.29 is 9.59 Å². The minimum absolute atomic E-state index is 0.0760. The van der Waals surface area contributed by atoms with Crippen LogP contribution in [0.3, 0.4) is 0 Å². The first-order valence-electron chi connectivity index (χ1n) is 9.94. The molecular formula is C21H33N3O2. The van der Waals surface area contributed by atoms with Gasteiger partial charge in [-0.3, -0.25) is 4.79 Å². The number of urea groups is 1. The highest BCUT2D eigenvalue weighted by Crippen LogP contribution is 2.23. The van der Waals surface area contributed by atoms with Crippen molar-refractivity contribution in [2.24, 2.45) is 5.92 Å². The van der Waals surface area contributed by atoms with Crippen LogP contribution in [0.1, 0.15) is 50.2 Å². The third kappa shape index (κ3) is 6.70. The second-order valence-electron chi connectivity index (χ2n) is 7.21. The average Bonchev–Trinajstić information content (AvgIpc) is 2.64. The van der Waals surface area contributed by atoms with E-state index in [1.807, 2.05) is 24.0 Å². The summed E-state index contributed by atoms with van der Waals surface area (Å²) in [4.78, 5) is 25.8. The van der Waals surface area contributed by atoms with Gasteiger partial charge in [-0.25, -0.2) is 4.79 Å². The van der Waals surface area contributed by atoms with Gasteiger partial charge >= 0.3 is 6.03 Å². The summed E-state index contributed by atoms with van der Waals surface area (Å²) < 4.78 is 0. The molecule has 144 valence electrons. The number of carbonyl (C=O) groups excluding carboxylic acids is 2. The molecule has 2 N–H and O–H groups in total. The first-order valence-corrected chi connectivity index (χ1v) is 9.94. The lowest BCUT2D eigenvalue weighted by Gasteiger charge is -2.32. The van der Waals surface area contributed by atoms with Crippen molar-refractivity contribution in [2.45, 2.75) is 52.4 Å². The molecule has 1 saturated heterocycles. The molecule has 0 radical (unpaired) electrons. The quantitative estimate of drug-likeness (QED) is 0.700. The van der Waals surface area contributed by atoms with Gasteiger partial charge in [-0.2, -0.15) is 0 Å². The van der Waals surface area contributed by atoms with Crippen LogP contribution in [0.15, 0.2) is 24.3 Å². The van der Waals surface area contributed by atoms with Gasteiger partial charge in [0.15, 0.2) is 0 Å². The van der Waals surface area contributed by atoms with E-state index in [9.17, 15) is 9.59 Å². The van der Waals surface area contributed by atoms with Gasteiger partial charge in [-0.15, -0.1) is 0 Å². The summed E-state index contributed by atoms with van der Waals surface area (Å²) >= 11 is 0. The Kier molecular flexibility index (Phi) is 8.45. The van der Waals surface area contributed by atoms with E-state index >= 15 is 0 Å². The Labute approximate surface area is 157 Å². The Bertz CT molecular complexity index is 580. The fourth-order valence-corrected chi connectivity index (χ4v) is 3.54. The number of hydrogen-bond acceptors (Lipinski definition) is 2. The molecule has 0 spiro atoms. The maximum absolute atomic E-state index is 12.5. The van der Waals surface area contributed by atoms with Crippen molar-refractivity contribution in [3.63, 3.8) is 0 Å². The predicted octanol–water partition coefficient (Wildman–Crippen LogP) is 3.27. The molecule has 0 aromatic heterocycles. The van der Waals surface area contributed by atoms with Gasteiger partial charge in [0.05, 0.1) is 6.42 Å². The molecule has 1 fully saturated rings. The lowest BCUT2D eigenvalue weighted by molar-refractivity contribution is -0.131. The highest BCUT2D eigenvalue weighted by Gasteiger charge is 2.22. The molecule has 0 saturated carbocycles. The highest BCUT2D eigenvalue weighted by molar-refractivity contribution is 5.79. The number of rotatable bonds is 8. The first-order chi connectivity index (χ1) is 12.6. The van der Waals surface area contributed by atoms with Gasteiger partial charge in [-0.05, 0) is 50.2 Å². The van der Waals surface area contributed by atoms with Gasteiger partial charge < -0.3 is 15.5 Å². The van der Waals surface area contributed by atoms with Crippen molar-refractivity contribution in [2.75, 3.05) is 26.2 Å². The van der Waals surface area contributed by atoms with Crippen molar-refractivity contribution in [1.29, 1.82) is 0 Å². The molecule has 5 nitrogen and oxygen atoms in total. The van der Waals surface area contributed by atoms with E-state index < -0.39 is 0 Å². The summed E-state index contributed by atoms with van der Waals surface area (Å²) in [6.45, 7) is 7.14. The van der Waals surface area contributed by atoms with Gasteiger partial charge in [0.25, 0.3) is 0 Å². The van der Waals surface area contributed by atoms with Crippen molar-refractivity contribution >= 4 is 11.9 Å². The van der Waals surface area contributed by atoms with Gasteiger partial charge in [0, 0.05) is 26.2 Å². The Hall–Kier alpha value is -2.04. The molecule has 0 unspecified atom stereocenters. The Balaban J connectivity index is 1.60. The standard InChI is InChI=1S/C21H33N3O2/c1-3-22-21(26)23-13-7-6-9-18-11-14-24(15-12-18)20(25)16-19-10-5-4-8-17(19)2/h4-5,8,10,18H,3,6-7,9,11-16H2,1-2H3,(H2,22,23,26). The van der Waals surface area contributed by atoms with Crippen molar-refractivity contribution in [3.8, 4) is 0 Å². The molecule has 1 aliphatic rings. The molecule has 1 aromatic rings. The minimum atomic E-state index is -0.0760.